The van der Waals surface area contributed by atoms with Gasteiger partial charge in [-0.3, -0.25) is 0 Å². The Bertz CT molecular complexity index is 172. The van der Waals surface area contributed by atoms with Crippen molar-refractivity contribution in [2.24, 2.45) is 0 Å². The second-order valence-electron chi connectivity index (χ2n) is 5.39. The van der Waals surface area contributed by atoms with Gasteiger partial charge in [0.2, 0.25) is 0 Å². The molecule has 0 aromatic rings. The van der Waals surface area contributed by atoms with E-state index in [-0.39, 0.29) is 0 Å². The Labute approximate surface area is 108 Å². The predicted octanol–water partition coefficient (Wildman–Crippen LogP) is 3.89. The summed E-state index contributed by atoms with van der Waals surface area (Å²) in [7, 11) is 1.85. The van der Waals surface area contributed by atoms with Crippen LogP contribution >= 0.6 is 0 Å². The first-order valence-corrected chi connectivity index (χ1v) is 7.64. The van der Waals surface area contributed by atoms with Crippen LogP contribution in [0.1, 0.15) is 71.1 Å². The predicted molar refractivity (Wildman–Crippen MR) is 74.4 cm³/mol. The van der Waals surface area contributed by atoms with E-state index in [0.717, 1.165) is 0 Å². The van der Waals surface area contributed by atoms with E-state index in [1.165, 1.54) is 70.8 Å². The largest absolute Gasteiger partial charge is 0.380 e. The number of hydrogen-bond acceptors (Lipinski definition) is 2. The lowest BCUT2D eigenvalue weighted by molar-refractivity contribution is 0.0852. The topological polar surface area (TPSA) is 21.3 Å². The van der Waals surface area contributed by atoms with E-state index in [2.05, 4.69) is 12.2 Å². The van der Waals surface area contributed by atoms with Gasteiger partial charge in [0, 0.05) is 13.2 Å². The van der Waals surface area contributed by atoms with E-state index < -0.39 is 0 Å². The number of methoxy groups -OCH3 is 1. The molecule has 0 aliphatic heterocycles. The van der Waals surface area contributed by atoms with Gasteiger partial charge < -0.3 is 10.1 Å². The number of hydrogen-bond donors (Lipinski definition) is 1. The molecule has 1 fully saturated rings. The highest BCUT2D eigenvalue weighted by molar-refractivity contribution is 4.83. The van der Waals surface area contributed by atoms with Gasteiger partial charge in [0.1, 0.15) is 0 Å². The second kappa shape index (κ2) is 9.90. The molecule has 0 amide bonds. The Balaban J connectivity index is 1.87. The maximum absolute atomic E-state index is 5.48. The van der Waals surface area contributed by atoms with Crippen LogP contribution in [-0.2, 0) is 4.74 Å². The molecule has 0 radical (unpaired) electrons. The number of unbranched alkanes of at least 4 members (excludes halogenated alkanes) is 6. The summed E-state index contributed by atoms with van der Waals surface area (Å²) in [5.74, 6) is 0. The Hall–Kier alpha value is -0.0800. The Morgan fingerprint density at radius 2 is 1.71 bits per heavy atom. The van der Waals surface area contributed by atoms with Crippen molar-refractivity contribution in [3.63, 3.8) is 0 Å². The summed E-state index contributed by atoms with van der Waals surface area (Å²) < 4.78 is 5.48. The van der Waals surface area contributed by atoms with Gasteiger partial charge in [-0.15, -0.1) is 0 Å². The minimum Gasteiger partial charge on any atom is -0.380 e. The molecular formula is C15H31NO. The summed E-state index contributed by atoms with van der Waals surface area (Å²) in [4.78, 5) is 0. The van der Waals surface area contributed by atoms with Crippen molar-refractivity contribution in [3.8, 4) is 0 Å². The Morgan fingerprint density at radius 3 is 2.41 bits per heavy atom. The standard InChI is InChI=1S/C15H31NO/c1-3-4-5-6-7-8-9-13-16-14-11-10-12-15(14)17-2/h14-16H,3-13H2,1-2H3. The average molecular weight is 241 g/mol. The highest BCUT2D eigenvalue weighted by Crippen LogP contribution is 2.21. The molecule has 2 nitrogen and oxygen atoms in total. The molecule has 0 saturated heterocycles. The summed E-state index contributed by atoms with van der Waals surface area (Å²) in [6, 6.07) is 0.625. The van der Waals surface area contributed by atoms with E-state index in [0.29, 0.717) is 12.1 Å². The fraction of sp³-hybridized carbons (Fsp3) is 1.00. The minimum atomic E-state index is 0.472. The Kier molecular flexibility index (Phi) is 8.72. The van der Waals surface area contributed by atoms with Crippen molar-refractivity contribution in [1.29, 1.82) is 0 Å². The lowest BCUT2D eigenvalue weighted by Gasteiger charge is -2.19. The summed E-state index contributed by atoms with van der Waals surface area (Å²) in [5.41, 5.74) is 0. The highest BCUT2D eigenvalue weighted by Gasteiger charge is 2.25. The van der Waals surface area contributed by atoms with Crippen LogP contribution < -0.4 is 5.32 Å². The fourth-order valence-corrected chi connectivity index (χ4v) is 2.81. The summed E-state index contributed by atoms with van der Waals surface area (Å²) >= 11 is 0. The van der Waals surface area contributed by atoms with Gasteiger partial charge in [-0.1, -0.05) is 45.4 Å². The molecular weight excluding hydrogens is 210 g/mol. The molecule has 1 N–H and O–H groups in total. The maximum atomic E-state index is 5.48. The van der Waals surface area contributed by atoms with Crippen molar-refractivity contribution in [3.05, 3.63) is 0 Å². The van der Waals surface area contributed by atoms with Crippen LogP contribution in [0, 0.1) is 0 Å². The molecule has 0 aromatic heterocycles. The third-order valence-electron chi connectivity index (χ3n) is 3.94. The van der Waals surface area contributed by atoms with Gasteiger partial charge in [-0.05, 0) is 32.2 Å². The van der Waals surface area contributed by atoms with Gasteiger partial charge >= 0.3 is 0 Å². The van der Waals surface area contributed by atoms with Crippen LogP contribution in [0.15, 0.2) is 0 Å². The smallest absolute Gasteiger partial charge is 0.0724 e. The second-order valence-corrected chi connectivity index (χ2v) is 5.39. The third kappa shape index (κ3) is 6.42. The molecule has 2 unspecified atom stereocenters. The monoisotopic (exact) mass is 241 g/mol. The van der Waals surface area contributed by atoms with Crippen LogP contribution in [0.25, 0.3) is 0 Å². The van der Waals surface area contributed by atoms with Gasteiger partial charge in [0.05, 0.1) is 6.10 Å². The normalized spacial score (nSPS) is 24.4. The van der Waals surface area contributed by atoms with Crippen LogP contribution in [-0.4, -0.2) is 25.8 Å². The first kappa shape index (κ1) is 15.0. The zero-order chi connectivity index (χ0) is 12.3. The van der Waals surface area contributed by atoms with E-state index >= 15 is 0 Å². The van der Waals surface area contributed by atoms with Crippen molar-refractivity contribution in [2.75, 3.05) is 13.7 Å². The van der Waals surface area contributed by atoms with Gasteiger partial charge in [-0.25, -0.2) is 0 Å². The molecule has 2 heteroatoms. The van der Waals surface area contributed by atoms with Crippen LogP contribution in [0.2, 0.25) is 0 Å². The summed E-state index contributed by atoms with van der Waals surface area (Å²) in [6.07, 6.45) is 14.1. The molecule has 1 aliphatic carbocycles. The van der Waals surface area contributed by atoms with E-state index in [1.807, 2.05) is 7.11 Å². The molecule has 17 heavy (non-hydrogen) atoms. The van der Waals surface area contributed by atoms with Crippen LogP contribution in [0.3, 0.4) is 0 Å². The lowest BCUT2D eigenvalue weighted by Crippen LogP contribution is -2.37. The molecule has 102 valence electrons. The van der Waals surface area contributed by atoms with E-state index in [4.69, 9.17) is 4.74 Å². The third-order valence-corrected chi connectivity index (χ3v) is 3.94. The molecule has 1 aliphatic rings. The zero-order valence-electron chi connectivity index (χ0n) is 11.8. The maximum Gasteiger partial charge on any atom is 0.0724 e. The molecule has 0 bridgehead atoms. The van der Waals surface area contributed by atoms with Gasteiger partial charge in [0.15, 0.2) is 0 Å². The van der Waals surface area contributed by atoms with Crippen LogP contribution in [0.5, 0.6) is 0 Å². The lowest BCUT2D eigenvalue weighted by atomic mass is 10.1. The van der Waals surface area contributed by atoms with Crippen molar-refractivity contribution in [1.82, 2.24) is 5.32 Å². The van der Waals surface area contributed by atoms with Gasteiger partial charge in [0.25, 0.3) is 0 Å². The minimum absolute atomic E-state index is 0.472. The highest BCUT2D eigenvalue weighted by atomic mass is 16.5. The summed E-state index contributed by atoms with van der Waals surface area (Å²) in [6.45, 7) is 3.45. The van der Waals surface area contributed by atoms with Gasteiger partial charge in [-0.2, -0.15) is 0 Å². The van der Waals surface area contributed by atoms with E-state index in [9.17, 15) is 0 Å². The Morgan fingerprint density at radius 1 is 1.00 bits per heavy atom. The fourth-order valence-electron chi connectivity index (χ4n) is 2.81. The first-order chi connectivity index (χ1) is 8.38. The summed E-state index contributed by atoms with van der Waals surface area (Å²) in [5, 5.41) is 3.66. The molecule has 0 spiro atoms. The number of ether oxygens (including phenoxy) is 1. The first-order valence-electron chi connectivity index (χ1n) is 7.64. The van der Waals surface area contributed by atoms with Crippen molar-refractivity contribution >= 4 is 0 Å². The molecule has 0 aromatic carbocycles. The van der Waals surface area contributed by atoms with Crippen molar-refractivity contribution in [2.45, 2.75) is 83.3 Å². The number of rotatable bonds is 10. The molecule has 1 saturated carbocycles. The van der Waals surface area contributed by atoms with Crippen molar-refractivity contribution < 1.29 is 4.74 Å². The molecule has 0 heterocycles. The van der Waals surface area contributed by atoms with Crippen LogP contribution in [0.4, 0.5) is 0 Å². The molecule has 1 rings (SSSR count). The molecule has 2 atom stereocenters. The average Bonchev–Trinajstić information content (AvgIpc) is 2.80. The zero-order valence-corrected chi connectivity index (χ0v) is 11.8. The number of nitrogens with one attached hydrogen (secondary N) is 1. The SMILES string of the molecule is CCCCCCCCCNC1CCCC1OC. The van der Waals surface area contributed by atoms with E-state index in [1.54, 1.807) is 0 Å². The quantitative estimate of drug-likeness (QED) is 0.586.